The Balaban J connectivity index is 2.18. The molecule has 0 amide bonds. The fraction of sp³-hybridized carbons (Fsp3) is 0.0625. The van der Waals surface area contributed by atoms with Gasteiger partial charge in [-0.2, -0.15) is 18.3 Å². The van der Waals surface area contributed by atoms with Gasteiger partial charge < -0.3 is 5.11 Å². The highest BCUT2D eigenvalue weighted by Crippen LogP contribution is 2.33. The number of hydrogen-bond acceptors (Lipinski definition) is 2. The van der Waals surface area contributed by atoms with E-state index in [0.29, 0.717) is 16.3 Å². The topological polar surface area (TPSA) is 38.1 Å². The van der Waals surface area contributed by atoms with Gasteiger partial charge in [-0.25, -0.2) is 4.68 Å². The number of rotatable bonds is 2. The van der Waals surface area contributed by atoms with Crippen molar-refractivity contribution in [3.05, 3.63) is 65.3 Å². The largest absolute Gasteiger partial charge is 0.508 e. The average molecular weight is 339 g/mol. The van der Waals surface area contributed by atoms with Crippen LogP contribution in [0.3, 0.4) is 0 Å². The van der Waals surface area contributed by atoms with E-state index in [2.05, 4.69) is 5.10 Å². The molecule has 1 aromatic heterocycles. The van der Waals surface area contributed by atoms with Crippen molar-refractivity contribution >= 4 is 11.6 Å². The van der Waals surface area contributed by atoms with Gasteiger partial charge in [0, 0.05) is 10.6 Å². The number of halogens is 4. The third kappa shape index (κ3) is 3.17. The zero-order chi connectivity index (χ0) is 16.6. The normalized spacial score (nSPS) is 11.7. The van der Waals surface area contributed by atoms with E-state index in [9.17, 15) is 18.3 Å². The highest BCUT2D eigenvalue weighted by atomic mass is 35.5. The molecule has 0 aliphatic heterocycles. The van der Waals surface area contributed by atoms with Crippen molar-refractivity contribution in [2.24, 2.45) is 0 Å². The van der Waals surface area contributed by atoms with Crippen LogP contribution in [0.1, 0.15) is 5.69 Å². The molecule has 0 radical (unpaired) electrons. The van der Waals surface area contributed by atoms with Crippen molar-refractivity contribution in [1.29, 1.82) is 0 Å². The summed E-state index contributed by atoms with van der Waals surface area (Å²) < 4.78 is 40.2. The Labute approximate surface area is 134 Å². The molecule has 23 heavy (non-hydrogen) atoms. The number of aromatic nitrogens is 2. The number of phenolic OH excluding ortho intramolecular Hbond substituents is 1. The number of alkyl halides is 3. The van der Waals surface area contributed by atoms with Crippen LogP contribution in [0.2, 0.25) is 5.02 Å². The summed E-state index contributed by atoms with van der Waals surface area (Å²) in [7, 11) is 0. The first-order valence-electron chi connectivity index (χ1n) is 6.57. The van der Waals surface area contributed by atoms with Gasteiger partial charge in [-0.05, 0) is 54.6 Å². The van der Waals surface area contributed by atoms with Gasteiger partial charge in [0.2, 0.25) is 0 Å². The summed E-state index contributed by atoms with van der Waals surface area (Å²) in [5.74, 6) is 0.0300. The molecule has 1 heterocycles. The first-order chi connectivity index (χ1) is 10.8. The van der Waals surface area contributed by atoms with Gasteiger partial charge in [0.1, 0.15) is 5.75 Å². The van der Waals surface area contributed by atoms with Crippen LogP contribution in [0.4, 0.5) is 13.2 Å². The van der Waals surface area contributed by atoms with E-state index in [-0.39, 0.29) is 11.4 Å². The smallest absolute Gasteiger partial charge is 0.435 e. The van der Waals surface area contributed by atoms with Crippen molar-refractivity contribution in [2.75, 3.05) is 0 Å². The first-order valence-corrected chi connectivity index (χ1v) is 6.95. The maximum Gasteiger partial charge on any atom is 0.435 e. The Kier molecular flexibility index (Phi) is 3.77. The fourth-order valence-electron chi connectivity index (χ4n) is 2.14. The number of phenols is 1. The van der Waals surface area contributed by atoms with Crippen LogP contribution in [0.15, 0.2) is 54.6 Å². The van der Waals surface area contributed by atoms with E-state index in [1.165, 1.54) is 28.9 Å². The SMILES string of the molecule is Oc1ccc(-c2cc(C(F)(F)F)nn2-c2ccc(Cl)cc2)cc1. The van der Waals surface area contributed by atoms with E-state index in [4.69, 9.17) is 11.6 Å². The Morgan fingerprint density at radius 3 is 2.13 bits per heavy atom. The van der Waals surface area contributed by atoms with Crippen molar-refractivity contribution in [3.63, 3.8) is 0 Å². The second kappa shape index (κ2) is 5.62. The first kappa shape index (κ1) is 15.4. The molecule has 0 unspecified atom stereocenters. The minimum atomic E-state index is -4.55. The highest BCUT2D eigenvalue weighted by molar-refractivity contribution is 6.30. The van der Waals surface area contributed by atoms with Crippen molar-refractivity contribution in [1.82, 2.24) is 9.78 Å². The molecule has 3 nitrogen and oxygen atoms in total. The third-order valence-electron chi connectivity index (χ3n) is 3.23. The molecule has 0 bridgehead atoms. The summed E-state index contributed by atoms with van der Waals surface area (Å²) in [6, 6.07) is 13.2. The van der Waals surface area contributed by atoms with Crippen LogP contribution in [0.5, 0.6) is 5.75 Å². The molecule has 0 saturated heterocycles. The van der Waals surface area contributed by atoms with Crippen LogP contribution in [0.25, 0.3) is 16.9 Å². The predicted molar refractivity (Wildman–Crippen MR) is 80.7 cm³/mol. The predicted octanol–water partition coefficient (Wildman–Crippen LogP) is 4.92. The molecule has 7 heteroatoms. The molecule has 0 aliphatic rings. The van der Waals surface area contributed by atoms with Crippen LogP contribution < -0.4 is 0 Å². The third-order valence-corrected chi connectivity index (χ3v) is 3.49. The van der Waals surface area contributed by atoms with Gasteiger partial charge in [-0.1, -0.05) is 11.6 Å². The number of hydrogen-bond donors (Lipinski definition) is 1. The highest BCUT2D eigenvalue weighted by Gasteiger charge is 2.35. The number of nitrogens with zero attached hydrogens (tertiary/aromatic N) is 2. The summed E-state index contributed by atoms with van der Waals surface area (Å²) >= 11 is 5.81. The fourth-order valence-corrected chi connectivity index (χ4v) is 2.26. The van der Waals surface area contributed by atoms with Crippen molar-refractivity contribution in [3.8, 4) is 22.7 Å². The molecule has 3 rings (SSSR count). The molecule has 3 aromatic rings. The average Bonchev–Trinajstić information content (AvgIpc) is 2.94. The quantitative estimate of drug-likeness (QED) is 0.720. The minimum absolute atomic E-state index is 0.0300. The lowest BCUT2D eigenvalue weighted by molar-refractivity contribution is -0.141. The molecule has 0 spiro atoms. The Morgan fingerprint density at radius 1 is 0.957 bits per heavy atom. The van der Waals surface area contributed by atoms with Crippen LogP contribution in [-0.2, 0) is 6.18 Å². The lowest BCUT2D eigenvalue weighted by Crippen LogP contribution is -2.07. The van der Waals surface area contributed by atoms with Crippen LogP contribution in [-0.4, -0.2) is 14.9 Å². The molecular formula is C16H10ClF3N2O. The summed E-state index contributed by atoms with van der Waals surface area (Å²) in [4.78, 5) is 0. The monoisotopic (exact) mass is 338 g/mol. The van der Waals surface area contributed by atoms with E-state index in [0.717, 1.165) is 6.07 Å². The Morgan fingerprint density at radius 2 is 1.57 bits per heavy atom. The van der Waals surface area contributed by atoms with E-state index >= 15 is 0 Å². The molecule has 2 aromatic carbocycles. The number of benzene rings is 2. The molecule has 0 aliphatic carbocycles. The summed E-state index contributed by atoms with van der Waals surface area (Å²) in [6.07, 6.45) is -4.55. The van der Waals surface area contributed by atoms with Crippen LogP contribution >= 0.6 is 11.6 Å². The van der Waals surface area contributed by atoms with Crippen molar-refractivity contribution in [2.45, 2.75) is 6.18 Å². The molecule has 118 valence electrons. The zero-order valence-corrected chi connectivity index (χ0v) is 12.3. The minimum Gasteiger partial charge on any atom is -0.508 e. The zero-order valence-electron chi connectivity index (χ0n) is 11.5. The van der Waals surface area contributed by atoms with E-state index in [1.807, 2.05) is 0 Å². The lowest BCUT2D eigenvalue weighted by atomic mass is 10.1. The molecule has 0 saturated carbocycles. The lowest BCUT2D eigenvalue weighted by Gasteiger charge is -2.08. The van der Waals surface area contributed by atoms with Gasteiger partial charge >= 0.3 is 6.18 Å². The maximum atomic E-state index is 13.0. The van der Waals surface area contributed by atoms with E-state index < -0.39 is 11.9 Å². The molecular weight excluding hydrogens is 329 g/mol. The van der Waals surface area contributed by atoms with E-state index in [1.54, 1.807) is 24.3 Å². The second-order valence-corrected chi connectivity index (χ2v) is 5.28. The second-order valence-electron chi connectivity index (χ2n) is 4.85. The summed E-state index contributed by atoms with van der Waals surface area (Å²) in [5, 5.41) is 13.5. The van der Waals surface area contributed by atoms with Gasteiger partial charge in [-0.3, -0.25) is 0 Å². The molecule has 0 atom stereocenters. The van der Waals surface area contributed by atoms with Crippen LogP contribution in [0, 0.1) is 0 Å². The summed E-state index contributed by atoms with van der Waals surface area (Å²) in [6.45, 7) is 0. The maximum absolute atomic E-state index is 13.0. The molecule has 0 fully saturated rings. The summed E-state index contributed by atoms with van der Waals surface area (Å²) in [5.41, 5.74) is 0.226. The Bertz CT molecular complexity index is 761. The van der Waals surface area contributed by atoms with Gasteiger partial charge in [0.15, 0.2) is 5.69 Å². The standard InChI is InChI=1S/C16H10ClF3N2O/c17-11-3-5-12(6-4-11)22-14(9-15(21-22)16(18,19)20)10-1-7-13(23)8-2-10/h1-9,23H. The van der Waals surface area contributed by atoms with Gasteiger partial charge in [0.25, 0.3) is 0 Å². The van der Waals surface area contributed by atoms with Crippen molar-refractivity contribution < 1.29 is 18.3 Å². The number of aromatic hydroxyl groups is 1. The Hall–Kier alpha value is -2.47. The van der Waals surface area contributed by atoms with Gasteiger partial charge in [-0.15, -0.1) is 0 Å². The molecule has 1 N–H and O–H groups in total. The van der Waals surface area contributed by atoms with Gasteiger partial charge in [0.05, 0.1) is 11.4 Å².